The molecule has 1 aliphatic rings. The molecule has 0 bridgehead atoms. The van der Waals surface area contributed by atoms with Crippen LogP contribution in [-0.2, 0) is 22.4 Å². The predicted octanol–water partition coefficient (Wildman–Crippen LogP) is 5.62. The van der Waals surface area contributed by atoms with Gasteiger partial charge in [0.25, 0.3) is 5.91 Å². The van der Waals surface area contributed by atoms with E-state index in [9.17, 15) is 18.4 Å². The van der Waals surface area contributed by atoms with E-state index in [-0.39, 0.29) is 6.42 Å². The van der Waals surface area contributed by atoms with Crippen LogP contribution in [0.3, 0.4) is 0 Å². The van der Waals surface area contributed by atoms with Gasteiger partial charge in [0.05, 0.1) is 13.7 Å². The van der Waals surface area contributed by atoms with Crippen molar-refractivity contribution >= 4 is 22.6 Å². The summed E-state index contributed by atoms with van der Waals surface area (Å²) < 4.78 is 39.3. The number of aryl methyl sites for hydroxylation is 1. The lowest BCUT2D eigenvalue weighted by Crippen LogP contribution is -2.43. The normalized spacial score (nSPS) is 13.4. The first kappa shape index (κ1) is 24.4. The fourth-order valence-electron chi connectivity index (χ4n) is 4.88. The first-order chi connectivity index (χ1) is 18.0. The maximum atomic E-state index is 14.2. The van der Waals surface area contributed by atoms with E-state index in [1.165, 1.54) is 18.7 Å². The smallest absolute Gasteiger partial charge is 0.328 e. The minimum absolute atomic E-state index is 0.0681. The maximum absolute atomic E-state index is 14.2. The summed E-state index contributed by atoms with van der Waals surface area (Å²) in [5.41, 5.74) is 3.18. The van der Waals surface area contributed by atoms with E-state index < -0.39 is 35.1 Å². The van der Waals surface area contributed by atoms with Gasteiger partial charge in [-0.1, -0.05) is 60.7 Å². The largest absolute Gasteiger partial charge is 0.493 e. The molecule has 7 heteroatoms. The van der Waals surface area contributed by atoms with Crippen LogP contribution in [0, 0.1) is 11.6 Å². The molecule has 0 fully saturated rings. The van der Waals surface area contributed by atoms with Crippen molar-refractivity contribution in [2.24, 2.45) is 0 Å². The highest BCUT2D eigenvalue weighted by Gasteiger charge is 2.27. The lowest BCUT2D eigenvalue weighted by atomic mass is 9.90. The second-order valence-electron chi connectivity index (χ2n) is 8.91. The molecule has 0 aromatic heterocycles. The molecule has 37 heavy (non-hydrogen) atoms. The molecule has 1 aliphatic heterocycles. The third-order valence-corrected chi connectivity index (χ3v) is 6.64. The van der Waals surface area contributed by atoms with Crippen LogP contribution in [0.1, 0.15) is 27.9 Å². The van der Waals surface area contributed by atoms with Gasteiger partial charge in [0.15, 0.2) is 0 Å². The van der Waals surface area contributed by atoms with Gasteiger partial charge < -0.3 is 14.8 Å². The number of carbonyl (C=O) groups excluding carboxylic acids is 2. The molecule has 0 unspecified atom stereocenters. The minimum atomic E-state index is -1.15. The third kappa shape index (κ3) is 4.77. The maximum Gasteiger partial charge on any atom is 0.328 e. The first-order valence-corrected chi connectivity index (χ1v) is 12.1. The van der Waals surface area contributed by atoms with Crippen molar-refractivity contribution in [2.45, 2.75) is 25.3 Å². The molecule has 0 saturated heterocycles. The van der Waals surface area contributed by atoms with E-state index in [0.717, 1.165) is 58.2 Å². The molecule has 4 aromatic rings. The summed E-state index contributed by atoms with van der Waals surface area (Å²) in [7, 11) is 1.20. The van der Waals surface area contributed by atoms with Crippen molar-refractivity contribution in [2.75, 3.05) is 13.7 Å². The molecule has 4 aromatic carbocycles. The minimum Gasteiger partial charge on any atom is -0.493 e. The molecule has 1 N–H and O–H groups in total. The molecule has 1 heterocycles. The third-order valence-electron chi connectivity index (χ3n) is 6.64. The Kier molecular flexibility index (Phi) is 6.86. The van der Waals surface area contributed by atoms with Crippen LogP contribution in [0.2, 0.25) is 0 Å². The second kappa shape index (κ2) is 10.4. The van der Waals surface area contributed by atoms with E-state index in [1.807, 2.05) is 48.5 Å². The molecular weight excluding hydrogens is 476 g/mol. The average molecular weight is 502 g/mol. The Hall–Kier alpha value is -4.26. The molecule has 1 atom stereocenters. The Morgan fingerprint density at radius 1 is 0.919 bits per heavy atom. The van der Waals surface area contributed by atoms with E-state index in [0.29, 0.717) is 6.61 Å². The topological polar surface area (TPSA) is 64.6 Å². The fraction of sp³-hybridized carbons (Fsp3) is 0.200. The lowest BCUT2D eigenvalue weighted by molar-refractivity contribution is -0.142. The Balaban J connectivity index is 1.52. The van der Waals surface area contributed by atoms with Crippen molar-refractivity contribution in [1.29, 1.82) is 0 Å². The summed E-state index contributed by atoms with van der Waals surface area (Å²) in [6.07, 6.45) is 2.01. The van der Waals surface area contributed by atoms with Gasteiger partial charge in [0.2, 0.25) is 0 Å². The number of ether oxygens (including phenoxy) is 2. The zero-order chi connectivity index (χ0) is 25.9. The van der Waals surface area contributed by atoms with Crippen LogP contribution < -0.4 is 10.1 Å². The molecule has 0 radical (unpaired) electrons. The van der Waals surface area contributed by atoms with Gasteiger partial charge in [-0.05, 0) is 52.4 Å². The van der Waals surface area contributed by atoms with Gasteiger partial charge in [0, 0.05) is 12.0 Å². The number of rotatable bonds is 6. The number of fused-ring (bicyclic) bond motifs is 2. The average Bonchev–Trinajstić information content (AvgIpc) is 2.92. The van der Waals surface area contributed by atoms with Gasteiger partial charge in [-0.15, -0.1) is 0 Å². The molecule has 0 spiro atoms. The summed E-state index contributed by atoms with van der Waals surface area (Å²) >= 11 is 0. The van der Waals surface area contributed by atoms with Gasteiger partial charge in [-0.3, -0.25) is 4.79 Å². The van der Waals surface area contributed by atoms with E-state index in [4.69, 9.17) is 9.47 Å². The van der Waals surface area contributed by atoms with E-state index in [2.05, 4.69) is 11.4 Å². The Morgan fingerprint density at radius 3 is 2.41 bits per heavy atom. The van der Waals surface area contributed by atoms with Gasteiger partial charge >= 0.3 is 5.97 Å². The number of nitrogens with one attached hydrogen (secondary N) is 1. The van der Waals surface area contributed by atoms with Crippen LogP contribution >= 0.6 is 0 Å². The van der Waals surface area contributed by atoms with Crippen molar-refractivity contribution in [1.82, 2.24) is 5.32 Å². The SMILES string of the molecule is COC(=O)[C@H](Cc1ccc(-c2cccc3c2OCCC3)c2ccccc12)NC(=O)c1c(F)cccc1F. The summed E-state index contributed by atoms with van der Waals surface area (Å²) in [6, 6.07) is 19.8. The zero-order valence-electron chi connectivity index (χ0n) is 20.2. The number of hydrogen-bond acceptors (Lipinski definition) is 4. The van der Waals surface area contributed by atoms with Crippen LogP contribution in [0.4, 0.5) is 8.78 Å². The summed E-state index contributed by atoms with van der Waals surface area (Å²) in [4.78, 5) is 25.3. The van der Waals surface area contributed by atoms with Crippen LogP contribution in [0.5, 0.6) is 5.75 Å². The number of amides is 1. The van der Waals surface area contributed by atoms with Crippen molar-refractivity contribution < 1.29 is 27.8 Å². The zero-order valence-corrected chi connectivity index (χ0v) is 20.2. The molecule has 0 aliphatic carbocycles. The Morgan fingerprint density at radius 2 is 1.65 bits per heavy atom. The Bertz CT molecular complexity index is 1480. The second-order valence-corrected chi connectivity index (χ2v) is 8.91. The number of hydrogen-bond donors (Lipinski definition) is 1. The number of benzene rings is 4. The van der Waals surface area contributed by atoms with E-state index in [1.54, 1.807) is 0 Å². The number of esters is 1. The summed E-state index contributed by atoms with van der Waals surface area (Å²) in [5.74, 6) is -2.88. The highest BCUT2D eigenvalue weighted by molar-refractivity contribution is 6.01. The highest BCUT2D eigenvalue weighted by atomic mass is 19.1. The summed E-state index contributed by atoms with van der Waals surface area (Å²) in [5, 5.41) is 4.29. The van der Waals surface area contributed by atoms with Crippen molar-refractivity contribution in [3.8, 4) is 16.9 Å². The molecule has 5 rings (SSSR count). The first-order valence-electron chi connectivity index (χ1n) is 12.1. The van der Waals surface area contributed by atoms with Crippen molar-refractivity contribution in [3.63, 3.8) is 0 Å². The molecule has 188 valence electrons. The number of halogens is 2. The predicted molar refractivity (Wildman–Crippen MR) is 137 cm³/mol. The molecular formula is C30H25F2NO4. The molecule has 0 saturated carbocycles. The van der Waals surface area contributed by atoms with E-state index >= 15 is 0 Å². The lowest BCUT2D eigenvalue weighted by Gasteiger charge is -2.22. The standard InChI is InChI=1S/C30H25F2NO4/c1-36-30(35)26(33-29(34)27-24(31)12-5-13-25(27)32)17-19-14-15-22(21-10-3-2-9-20(19)21)23-11-4-7-18-8-6-16-37-28(18)23/h2-5,7,9-15,26H,6,8,16-17H2,1H3,(H,33,34)/t26-/m0/s1. The van der Waals surface area contributed by atoms with Crippen LogP contribution in [0.15, 0.2) is 72.8 Å². The fourth-order valence-corrected chi connectivity index (χ4v) is 4.88. The summed E-state index contributed by atoms with van der Waals surface area (Å²) in [6.45, 7) is 0.670. The highest BCUT2D eigenvalue weighted by Crippen LogP contribution is 2.40. The Labute approximate surface area is 213 Å². The van der Waals surface area contributed by atoms with Gasteiger partial charge in [0.1, 0.15) is 29.0 Å². The number of methoxy groups -OCH3 is 1. The molecule has 5 nitrogen and oxygen atoms in total. The van der Waals surface area contributed by atoms with Crippen LogP contribution in [0.25, 0.3) is 21.9 Å². The quantitative estimate of drug-likeness (QED) is 0.348. The van der Waals surface area contributed by atoms with Gasteiger partial charge in [-0.2, -0.15) is 0 Å². The van der Waals surface area contributed by atoms with Gasteiger partial charge in [-0.25, -0.2) is 13.6 Å². The number of para-hydroxylation sites is 1. The number of carbonyl (C=O) groups is 2. The van der Waals surface area contributed by atoms with Crippen molar-refractivity contribution in [3.05, 3.63) is 101 Å². The van der Waals surface area contributed by atoms with Crippen LogP contribution in [-0.4, -0.2) is 31.6 Å². The molecule has 1 amide bonds. The monoisotopic (exact) mass is 501 g/mol.